The van der Waals surface area contributed by atoms with Gasteiger partial charge in [-0.3, -0.25) is 10.1 Å². The van der Waals surface area contributed by atoms with Crippen LogP contribution in [0.15, 0.2) is 33.4 Å². The van der Waals surface area contributed by atoms with Crippen LogP contribution < -0.4 is 0 Å². The molecular formula is C14H15NO3S2. The third-order valence-electron chi connectivity index (χ3n) is 2.85. The number of hydrogen-bond donors (Lipinski definition) is 1. The standard InChI is InChI=1S/C14H15NO3S2/c1-8-4-5-9(2)12(6-8)19-14-11(15(17)18)7-13(20-14)10(3)16/h4-7,10,16H,1-3H3. The SMILES string of the molecule is Cc1ccc(C)c(Sc2sc(C(C)O)cc2[N+](=O)[O-])c1. The molecule has 1 N–H and O–H groups in total. The summed E-state index contributed by atoms with van der Waals surface area (Å²) in [7, 11) is 0. The molecule has 2 aromatic rings. The molecule has 0 saturated carbocycles. The Bertz CT molecular complexity index is 650. The molecule has 0 radical (unpaired) electrons. The first-order valence-electron chi connectivity index (χ1n) is 6.09. The maximum atomic E-state index is 11.1. The second kappa shape index (κ2) is 5.95. The van der Waals surface area contributed by atoms with E-state index in [0.717, 1.165) is 16.0 Å². The third-order valence-corrected chi connectivity index (χ3v) is 5.50. The fourth-order valence-corrected chi connectivity index (χ4v) is 4.14. The minimum atomic E-state index is -0.688. The highest BCUT2D eigenvalue weighted by Crippen LogP contribution is 2.43. The molecule has 0 amide bonds. The van der Waals surface area contributed by atoms with Gasteiger partial charge < -0.3 is 5.11 Å². The smallest absolute Gasteiger partial charge is 0.294 e. The molecule has 2 rings (SSSR count). The van der Waals surface area contributed by atoms with Crippen LogP contribution in [0.25, 0.3) is 0 Å². The number of aryl methyl sites for hydroxylation is 2. The predicted molar refractivity (Wildman–Crippen MR) is 81.6 cm³/mol. The molecule has 20 heavy (non-hydrogen) atoms. The van der Waals surface area contributed by atoms with Gasteiger partial charge in [0.2, 0.25) is 0 Å². The van der Waals surface area contributed by atoms with Gasteiger partial charge in [0, 0.05) is 15.8 Å². The van der Waals surface area contributed by atoms with Gasteiger partial charge in [0.25, 0.3) is 5.69 Å². The van der Waals surface area contributed by atoms with E-state index in [1.54, 1.807) is 6.92 Å². The average Bonchev–Trinajstić information content (AvgIpc) is 2.78. The molecule has 1 aromatic heterocycles. The third kappa shape index (κ3) is 3.20. The number of nitro groups is 1. The van der Waals surface area contributed by atoms with E-state index in [9.17, 15) is 15.2 Å². The molecule has 0 aliphatic carbocycles. The number of hydrogen-bond acceptors (Lipinski definition) is 5. The quantitative estimate of drug-likeness (QED) is 0.668. The van der Waals surface area contributed by atoms with Gasteiger partial charge in [-0.25, -0.2) is 0 Å². The van der Waals surface area contributed by atoms with Crippen LogP contribution in [-0.2, 0) is 0 Å². The van der Waals surface area contributed by atoms with E-state index in [4.69, 9.17) is 0 Å². The molecule has 0 spiro atoms. The number of benzene rings is 1. The van der Waals surface area contributed by atoms with Crippen molar-refractivity contribution in [2.24, 2.45) is 0 Å². The van der Waals surface area contributed by atoms with Crippen LogP contribution in [0.1, 0.15) is 29.0 Å². The van der Waals surface area contributed by atoms with Crippen LogP contribution in [-0.4, -0.2) is 10.0 Å². The summed E-state index contributed by atoms with van der Waals surface area (Å²) in [5.74, 6) is 0. The molecular weight excluding hydrogens is 294 g/mol. The Morgan fingerprint density at radius 2 is 2.05 bits per heavy atom. The normalized spacial score (nSPS) is 12.4. The second-order valence-electron chi connectivity index (χ2n) is 4.63. The van der Waals surface area contributed by atoms with Crippen molar-refractivity contribution in [3.05, 3.63) is 50.4 Å². The second-order valence-corrected chi connectivity index (χ2v) is 7.02. The zero-order valence-electron chi connectivity index (χ0n) is 11.4. The van der Waals surface area contributed by atoms with E-state index in [0.29, 0.717) is 9.09 Å². The fourth-order valence-electron chi connectivity index (χ4n) is 1.71. The maximum Gasteiger partial charge on any atom is 0.294 e. The van der Waals surface area contributed by atoms with Gasteiger partial charge >= 0.3 is 0 Å². The topological polar surface area (TPSA) is 63.4 Å². The van der Waals surface area contributed by atoms with Crippen LogP contribution in [0.2, 0.25) is 0 Å². The molecule has 1 heterocycles. The highest BCUT2D eigenvalue weighted by Gasteiger charge is 2.22. The van der Waals surface area contributed by atoms with Crippen molar-refractivity contribution in [2.75, 3.05) is 0 Å². The Kier molecular flexibility index (Phi) is 4.47. The molecule has 0 bridgehead atoms. The molecule has 1 unspecified atom stereocenters. The van der Waals surface area contributed by atoms with Gasteiger partial charge in [-0.1, -0.05) is 23.9 Å². The molecule has 1 atom stereocenters. The van der Waals surface area contributed by atoms with E-state index in [2.05, 4.69) is 0 Å². The van der Waals surface area contributed by atoms with Crippen molar-refractivity contribution in [1.29, 1.82) is 0 Å². The zero-order valence-corrected chi connectivity index (χ0v) is 13.0. The number of rotatable bonds is 4. The van der Waals surface area contributed by atoms with Crippen molar-refractivity contribution in [2.45, 2.75) is 36.0 Å². The Labute approximate surface area is 125 Å². The van der Waals surface area contributed by atoms with Crippen molar-refractivity contribution in [1.82, 2.24) is 0 Å². The molecule has 6 heteroatoms. The van der Waals surface area contributed by atoms with Gasteiger partial charge in [-0.2, -0.15) is 0 Å². The van der Waals surface area contributed by atoms with E-state index < -0.39 is 11.0 Å². The molecule has 0 saturated heterocycles. The van der Waals surface area contributed by atoms with Gasteiger partial charge in [-0.15, -0.1) is 11.3 Å². The fraction of sp³-hybridized carbons (Fsp3) is 0.286. The van der Waals surface area contributed by atoms with Gasteiger partial charge in [-0.05, 0) is 38.0 Å². The summed E-state index contributed by atoms with van der Waals surface area (Å²) in [5, 5.41) is 20.7. The summed E-state index contributed by atoms with van der Waals surface area (Å²) < 4.78 is 0.611. The molecule has 0 aliphatic rings. The summed E-state index contributed by atoms with van der Waals surface area (Å²) in [6.07, 6.45) is -0.688. The lowest BCUT2D eigenvalue weighted by Crippen LogP contribution is -1.88. The Balaban J connectivity index is 2.42. The maximum absolute atomic E-state index is 11.1. The van der Waals surface area contributed by atoms with Gasteiger partial charge in [0.15, 0.2) is 0 Å². The minimum Gasteiger partial charge on any atom is -0.388 e. The van der Waals surface area contributed by atoms with Crippen LogP contribution in [0.3, 0.4) is 0 Å². The molecule has 0 aliphatic heterocycles. The van der Waals surface area contributed by atoms with Gasteiger partial charge in [0.05, 0.1) is 11.0 Å². The largest absolute Gasteiger partial charge is 0.388 e. The summed E-state index contributed by atoms with van der Waals surface area (Å²) >= 11 is 2.66. The summed E-state index contributed by atoms with van der Waals surface area (Å²) in [6.45, 7) is 5.59. The lowest BCUT2D eigenvalue weighted by atomic mass is 10.2. The van der Waals surface area contributed by atoms with E-state index in [1.807, 2.05) is 32.0 Å². The lowest BCUT2D eigenvalue weighted by Gasteiger charge is -2.05. The molecule has 106 valence electrons. The number of aliphatic hydroxyl groups excluding tert-OH is 1. The Hall–Kier alpha value is -1.37. The molecule has 4 nitrogen and oxygen atoms in total. The van der Waals surface area contributed by atoms with Crippen molar-refractivity contribution >= 4 is 28.8 Å². The highest BCUT2D eigenvalue weighted by atomic mass is 32.2. The summed E-state index contributed by atoms with van der Waals surface area (Å²) in [4.78, 5) is 12.3. The highest BCUT2D eigenvalue weighted by molar-refractivity contribution is 8.01. The van der Waals surface area contributed by atoms with E-state index >= 15 is 0 Å². The van der Waals surface area contributed by atoms with Crippen molar-refractivity contribution in [3.8, 4) is 0 Å². The monoisotopic (exact) mass is 309 g/mol. The van der Waals surface area contributed by atoms with Crippen molar-refractivity contribution < 1.29 is 10.0 Å². The lowest BCUT2D eigenvalue weighted by molar-refractivity contribution is -0.387. The number of nitrogens with zero attached hydrogens (tertiary/aromatic N) is 1. The predicted octanol–water partition coefficient (Wildman–Crippen LogP) is 4.48. The van der Waals surface area contributed by atoms with Crippen LogP contribution in [0, 0.1) is 24.0 Å². The van der Waals surface area contributed by atoms with E-state index in [-0.39, 0.29) is 5.69 Å². The summed E-state index contributed by atoms with van der Waals surface area (Å²) in [5.41, 5.74) is 2.27. The Morgan fingerprint density at radius 1 is 1.35 bits per heavy atom. The first kappa shape index (κ1) is 15.0. The van der Waals surface area contributed by atoms with Crippen molar-refractivity contribution in [3.63, 3.8) is 0 Å². The Morgan fingerprint density at radius 3 is 2.65 bits per heavy atom. The first-order chi connectivity index (χ1) is 9.38. The minimum absolute atomic E-state index is 0.0665. The summed E-state index contributed by atoms with van der Waals surface area (Å²) in [6, 6.07) is 7.50. The number of aliphatic hydroxyl groups is 1. The van der Waals surface area contributed by atoms with Crippen LogP contribution in [0.5, 0.6) is 0 Å². The van der Waals surface area contributed by atoms with Gasteiger partial charge in [0.1, 0.15) is 4.21 Å². The average molecular weight is 309 g/mol. The molecule has 1 aromatic carbocycles. The first-order valence-corrected chi connectivity index (χ1v) is 7.73. The number of thiophene rings is 1. The van der Waals surface area contributed by atoms with Crippen LogP contribution >= 0.6 is 23.1 Å². The molecule has 0 fully saturated rings. The zero-order chi connectivity index (χ0) is 14.9. The van der Waals surface area contributed by atoms with Crippen LogP contribution in [0.4, 0.5) is 5.69 Å². The van der Waals surface area contributed by atoms with E-state index in [1.165, 1.54) is 29.2 Å².